The summed E-state index contributed by atoms with van der Waals surface area (Å²) in [5.41, 5.74) is 5.54. The number of aromatic nitrogens is 1. The van der Waals surface area contributed by atoms with Crippen LogP contribution in [0.3, 0.4) is 0 Å². The summed E-state index contributed by atoms with van der Waals surface area (Å²) >= 11 is 1.54. The monoisotopic (exact) mass is 213 g/mol. The van der Waals surface area contributed by atoms with Gasteiger partial charge in [0.1, 0.15) is 0 Å². The lowest BCUT2D eigenvalue weighted by atomic mass is 10.1. The van der Waals surface area contributed by atoms with E-state index in [0.29, 0.717) is 11.2 Å². The highest BCUT2D eigenvalue weighted by Gasteiger charge is 2.13. The second-order valence-corrected chi connectivity index (χ2v) is 4.61. The van der Waals surface area contributed by atoms with Crippen LogP contribution in [0, 0.1) is 0 Å². The minimum atomic E-state index is 0.493. The maximum atomic E-state index is 5.54. The van der Waals surface area contributed by atoms with E-state index in [1.165, 1.54) is 22.6 Å². The lowest BCUT2D eigenvalue weighted by Gasteiger charge is -2.22. The molecule has 1 fully saturated rings. The Bertz CT molecular complexity index is 283. The minimum absolute atomic E-state index is 0.493. The molecule has 3 N–H and O–H groups in total. The van der Waals surface area contributed by atoms with Crippen LogP contribution in [0.1, 0.15) is 17.7 Å². The molecule has 5 heteroatoms. The number of ether oxygens (including phenoxy) is 1. The lowest BCUT2D eigenvalue weighted by molar-refractivity contribution is 0.0700. The number of hydrogen-bond donors (Lipinski definition) is 2. The Morgan fingerprint density at radius 2 is 2.64 bits per heavy atom. The number of thiazole rings is 1. The van der Waals surface area contributed by atoms with E-state index >= 15 is 0 Å². The van der Waals surface area contributed by atoms with Gasteiger partial charge >= 0.3 is 0 Å². The summed E-state index contributed by atoms with van der Waals surface area (Å²) in [5.74, 6) is 0. The van der Waals surface area contributed by atoms with E-state index in [1.807, 2.05) is 6.20 Å². The van der Waals surface area contributed by atoms with Crippen LogP contribution in [-0.4, -0.2) is 24.2 Å². The lowest BCUT2D eigenvalue weighted by Crippen LogP contribution is -2.36. The maximum Gasteiger partial charge on any atom is 0.180 e. The molecule has 78 valence electrons. The third-order valence-corrected chi connectivity index (χ3v) is 3.12. The number of rotatable bonds is 3. The van der Waals surface area contributed by atoms with Crippen molar-refractivity contribution in [3.05, 3.63) is 11.1 Å². The second kappa shape index (κ2) is 4.72. The zero-order valence-electron chi connectivity index (χ0n) is 8.03. The van der Waals surface area contributed by atoms with Gasteiger partial charge in [0.15, 0.2) is 5.13 Å². The zero-order chi connectivity index (χ0) is 9.80. The molecule has 0 saturated carbocycles. The van der Waals surface area contributed by atoms with Crippen LogP contribution in [0.4, 0.5) is 5.13 Å². The van der Waals surface area contributed by atoms with Crippen LogP contribution in [0.15, 0.2) is 6.20 Å². The van der Waals surface area contributed by atoms with Gasteiger partial charge in [0, 0.05) is 30.3 Å². The van der Waals surface area contributed by atoms with Crippen LogP contribution >= 0.6 is 11.3 Å². The summed E-state index contributed by atoms with van der Waals surface area (Å²) < 4.78 is 5.38. The van der Waals surface area contributed by atoms with Gasteiger partial charge in [-0.2, -0.15) is 0 Å². The molecule has 1 saturated heterocycles. The molecule has 0 amide bonds. The SMILES string of the molecule is Nc1ncc(CN[C@@H]2CCCOC2)s1. The fourth-order valence-electron chi connectivity index (χ4n) is 1.55. The highest BCUT2D eigenvalue weighted by molar-refractivity contribution is 7.15. The number of anilines is 1. The fourth-order valence-corrected chi connectivity index (χ4v) is 2.19. The number of nitrogens with two attached hydrogens (primary N) is 1. The first-order valence-corrected chi connectivity index (χ1v) is 5.67. The molecule has 0 bridgehead atoms. The third-order valence-electron chi connectivity index (χ3n) is 2.30. The first kappa shape index (κ1) is 9.89. The van der Waals surface area contributed by atoms with Gasteiger partial charge in [-0.25, -0.2) is 4.98 Å². The summed E-state index contributed by atoms with van der Waals surface area (Å²) in [6, 6.07) is 0.493. The normalized spacial score (nSPS) is 22.4. The van der Waals surface area contributed by atoms with E-state index < -0.39 is 0 Å². The van der Waals surface area contributed by atoms with Crippen molar-refractivity contribution in [3.8, 4) is 0 Å². The van der Waals surface area contributed by atoms with E-state index in [-0.39, 0.29) is 0 Å². The summed E-state index contributed by atoms with van der Waals surface area (Å²) in [7, 11) is 0. The average Bonchev–Trinajstić information content (AvgIpc) is 2.63. The van der Waals surface area contributed by atoms with Crippen LogP contribution in [0.25, 0.3) is 0 Å². The number of hydrogen-bond acceptors (Lipinski definition) is 5. The highest BCUT2D eigenvalue weighted by Crippen LogP contribution is 2.14. The van der Waals surface area contributed by atoms with E-state index in [2.05, 4.69) is 10.3 Å². The third kappa shape index (κ3) is 2.67. The number of nitrogens with zero attached hydrogens (tertiary/aromatic N) is 1. The molecule has 0 spiro atoms. The molecule has 0 unspecified atom stereocenters. The summed E-state index contributed by atoms with van der Waals surface area (Å²) in [6.45, 7) is 2.59. The van der Waals surface area contributed by atoms with Crippen LogP contribution in [-0.2, 0) is 11.3 Å². The highest BCUT2D eigenvalue weighted by atomic mass is 32.1. The van der Waals surface area contributed by atoms with E-state index in [9.17, 15) is 0 Å². The zero-order valence-corrected chi connectivity index (χ0v) is 8.85. The van der Waals surface area contributed by atoms with Crippen LogP contribution in [0.2, 0.25) is 0 Å². The van der Waals surface area contributed by atoms with Crippen molar-refractivity contribution in [2.45, 2.75) is 25.4 Å². The Kier molecular flexibility index (Phi) is 3.34. The maximum absolute atomic E-state index is 5.54. The fraction of sp³-hybridized carbons (Fsp3) is 0.667. The molecule has 2 heterocycles. The predicted octanol–water partition coefficient (Wildman–Crippen LogP) is 0.994. The topological polar surface area (TPSA) is 60.2 Å². The van der Waals surface area contributed by atoms with Crippen molar-refractivity contribution in [2.24, 2.45) is 0 Å². The first-order valence-electron chi connectivity index (χ1n) is 4.86. The quantitative estimate of drug-likeness (QED) is 0.786. The molecular weight excluding hydrogens is 198 g/mol. The molecule has 2 rings (SSSR count). The van der Waals surface area contributed by atoms with Crippen molar-refractivity contribution in [3.63, 3.8) is 0 Å². The largest absolute Gasteiger partial charge is 0.380 e. The van der Waals surface area contributed by atoms with Crippen LogP contribution < -0.4 is 11.1 Å². The molecule has 1 aliphatic heterocycles. The van der Waals surface area contributed by atoms with Crippen molar-refractivity contribution in [1.82, 2.24) is 10.3 Å². The van der Waals surface area contributed by atoms with Crippen LogP contribution in [0.5, 0.6) is 0 Å². The average molecular weight is 213 g/mol. The van der Waals surface area contributed by atoms with Gasteiger partial charge in [-0.05, 0) is 12.8 Å². The van der Waals surface area contributed by atoms with Gasteiger partial charge < -0.3 is 15.8 Å². The van der Waals surface area contributed by atoms with Crippen molar-refractivity contribution >= 4 is 16.5 Å². The van der Waals surface area contributed by atoms with Crippen molar-refractivity contribution in [1.29, 1.82) is 0 Å². The Labute approximate surface area is 87.5 Å². The first-order chi connectivity index (χ1) is 6.84. The van der Waals surface area contributed by atoms with Crippen molar-refractivity contribution in [2.75, 3.05) is 18.9 Å². The van der Waals surface area contributed by atoms with Gasteiger partial charge in [0.25, 0.3) is 0 Å². The van der Waals surface area contributed by atoms with Crippen molar-refractivity contribution < 1.29 is 4.74 Å². The Morgan fingerprint density at radius 3 is 3.29 bits per heavy atom. The van der Waals surface area contributed by atoms with Gasteiger partial charge in [0.05, 0.1) is 6.61 Å². The second-order valence-electron chi connectivity index (χ2n) is 3.46. The molecule has 1 aromatic heterocycles. The number of nitrogens with one attached hydrogen (secondary N) is 1. The molecule has 0 aliphatic carbocycles. The number of nitrogen functional groups attached to an aromatic ring is 1. The molecule has 1 atom stereocenters. The van der Waals surface area contributed by atoms with E-state index in [1.54, 1.807) is 0 Å². The Balaban J connectivity index is 1.76. The van der Waals surface area contributed by atoms with Gasteiger partial charge in [-0.1, -0.05) is 0 Å². The summed E-state index contributed by atoms with van der Waals surface area (Å²) in [5, 5.41) is 4.08. The molecule has 1 aromatic rings. The molecular formula is C9H15N3OS. The van der Waals surface area contributed by atoms with Gasteiger partial charge in [0.2, 0.25) is 0 Å². The summed E-state index contributed by atoms with van der Waals surface area (Å²) in [4.78, 5) is 5.19. The molecule has 4 nitrogen and oxygen atoms in total. The smallest absolute Gasteiger partial charge is 0.180 e. The van der Waals surface area contributed by atoms with E-state index in [4.69, 9.17) is 10.5 Å². The molecule has 0 radical (unpaired) electrons. The molecule has 0 aromatic carbocycles. The molecule has 1 aliphatic rings. The Morgan fingerprint density at radius 1 is 1.71 bits per heavy atom. The molecule has 14 heavy (non-hydrogen) atoms. The van der Waals surface area contributed by atoms with Gasteiger partial charge in [-0.15, -0.1) is 11.3 Å². The standard InChI is InChI=1S/C9H15N3OS/c10-9-12-5-8(14-9)4-11-7-2-1-3-13-6-7/h5,7,11H,1-4,6H2,(H2,10,12)/t7-/m1/s1. The minimum Gasteiger partial charge on any atom is -0.380 e. The Hall–Kier alpha value is -0.650. The summed E-state index contributed by atoms with van der Waals surface area (Å²) in [6.07, 6.45) is 4.19. The van der Waals surface area contributed by atoms with Gasteiger partial charge in [-0.3, -0.25) is 0 Å². The van der Waals surface area contributed by atoms with E-state index in [0.717, 1.165) is 26.2 Å². The predicted molar refractivity (Wildman–Crippen MR) is 57.2 cm³/mol.